The van der Waals surface area contributed by atoms with Gasteiger partial charge in [0.25, 0.3) is 5.91 Å². The smallest absolute Gasteiger partial charge is 0.251 e. The quantitative estimate of drug-likeness (QED) is 0.662. The molecule has 0 aliphatic carbocycles. The first-order valence-electron chi connectivity index (χ1n) is 9.24. The first kappa shape index (κ1) is 21.6. The Morgan fingerprint density at radius 1 is 1.10 bits per heavy atom. The third-order valence-corrected chi connectivity index (χ3v) is 6.00. The van der Waals surface area contributed by atoms with E-state index in [-0.39, 0.29) is 29.0 Å². The number of para-hydroxylation sites is 2. The van der Waals surface area contributed by atoms with Crippen molar-refractivity contribution in [1.82, 2.24) is 14.9 Å². The van der Waals surface area contributed by atoms with E-state index in [1.807, 2.05) is 18.2 Å². The van der Waals surface area contributed by atoms with Crippen LogP contribution in [0.5, 0.6) is 11.5 Å². The number of hydrogen-bond donors (Lipinski definition) is 2. The molecule has 1 aliphatic heterocycles. The van der Waals surface area contributed by atoms with Crippen molar-refractivity contribution in [2.24, 2.45) is 0 Å². The Morgan fingerprint density at radius 3 is 2.43 bits per heavy atom. The van der Waals surface area contributed by atoms with E-state index < -0.39 is 15.9 Å². The lowest BCUT2D eigenvalue weighted by Gasteiger charge is -2.29. The second-order valence-electron chi connectivity index (χ2n) is 6.69. The van der Waals surface area contributed by atoms with Gasteiger partial charge in [-0.3, -0.25) is 9.59 Å². The number of sulfonamides is 1. The highest BCUT2D eigenvalue weighted by molar-refractivity contribution is 7.89. The molecule has 2 aromatic carbocycles. The second-order valence-corrected chi connectivity index (χ2v) is 8.57. The number of amides is 2. The van der Waals surface area contributed by atoms with Gasteiger partial charge in [0.2, 0.25) is 15.9 Å². The number of likely N-dealkylation sites (N-methyl/N-ethyl adjacent to an activating group) is 1. The molecule has 0 radical (unpaired) electrons. The van der Waals surface area contributed by atoms with E-state index in [9.17, 15) is 18.0 Å². The van der Waals surface area contributed by atoms with Crippen molar-refractivity contribution in [3.8, 4) is 11.5 Å². The molecule has 3 rings (SSSR count). The van der Waals surface area contributed by atoms with Crippen LogP contribution >= 0.6 is 0 Å². The molecule has 2 N–H and O–H groups in total. The number of rotatable bonds is 7. The van der Waals surface area contributed by atoms with Crippen molar-refractivity contribution < 1.29 is 27.5 Å². The molecule has 30 heavy (non-hydrogen) atoms. The predicted octanol–water partition coefficient (Wildman–Crippen LogP) is 0.623. The maximum absolute atomic E-state index is 12.3. The van der Waals surface area contributed by atoms with Crippen LogP contribution in [0.2, 0.25) is 0 Å². The third kappa shape index (κ3) is 5.08. The van der Waals surface area contributed by atoms with Gasteiger partial charge in [-0.25, -0.2) is 13.1 Å². The molecule has 0 bridgehead atoms. The Bertz CT molecular complexity index is 1020. The minimum Gasteiger partial charge on any atom is -0.486 e. The van der Waals surface area contributed by atoms with Crippen molar-refractivity contribution in [2.75, 3.05) is 33.8 Å². The Labute approximate surface area is 175 Å². The number of nitrogens with zero attached hydrogens (tertiary/aromatic N) is 1. The Hall–Kier alpha value is -3.11. The zero-order valence-electron chi connectivity index (χ0n) is 16.6. The van der Waals surface area contributed by atoms with Crippen LogP contribution in [0.4, 0.5) is 0 Å². The highest BCUT2D eigenvalue weighted by atomic mass is 32.2. The summed E-state index contributed by atoms with van der Waals surface area (Å²) in [7, 11) is -0.647. The van der Waals surface area contributed by atoms with Gasteiger partial charge in [-0.1, -0.05) is 12.1 Å². The normalized spacial score (nSPS) is 15.3. The highest BCUT2D eigenvalue weighted by Gasteiger charge is 2.24. The minimum absolute atomic E-state index is 0.0497. The summed E-state index contributed by atoms with van der Waals surface area (Å²) in [5, 5.41) is 2.54. The monoisotopic (exact) mass is 433 g/mol. The fourth-order valence-corrected chi connectivity index (χ4v) is 3.59. The van der Waals surface area contributed by atoms with Crippen molar-refractivity contribution >= 4 is 21.8 Å². The number of benzene rings is 2. The molecule has 2 amide bonds. The van der Waals surface area contributed by atoms with Gasteiger partial charge in [0.05, 0.1) is 18.0 Å². The van der Waals surface area contributed by atoms with Crippen LogP contribution in [0.25, 0.3) is 0 Å². The number of hydrogen-bond acceptors (Lipinski definition) is 6. The third-order valence-electron chi connectivity index (χ3n) is 4.57. The molecular weight excluding hydrogens is 410 g/mol. The minimum atomic E-state index is -3.57. The molecule has 160 valence electrons. The van der Waals surface area contributed by atoms with Crippen LogP contribution in [0.15, 0.2) is 53.4 Å². The molecule has 0 spiro atoms. The van der Waals surface area contributed by atoms with Gasteiger partial charge in [-0.15, -0.1) is 0 Å². The Kier molecular flexibility index (Phi) is 6.58. The topological polar surface area (TPSA) is 114 Å². The molecule has 0 aromatic heterocycles. The van der Waals surface area contributed by atoms with Gasteiger partial charge in [0, 0.05) is 12.6 Å². The largest absolute Gasteiger partial charge is 0.486 e. The number of fused-ring (bicyclic) bond motifs is 1. The first-order valence-corrected chi connectivity index (χ1v) is 10.7. The van der Waals surface area contributed by atoms with E-state index in [0.717, 1.165) is 0 Å². The van der Waals surface area contributed by atoms with E-state index in [1.54, 1.807) is 13.1 Å². The van der Waals surface area contributed by atoms with Gasteiger partial charge in [0.1, 0.15) is 6.61 Å². The van der Waals surface area contributed by atoms with Crippen LogP contribution < -0.4 is 19.5 Å². The molecule has 1 unspecified atom stereocenters. The molecular formula is C20H23N3O6S. The lowest BCUT2D eigenvalue weighted by atomic mass is 10.2. The first-order chi connectivity index (χ1) is 14.3. The number of carbonyl (C=O) groups excluding carboxylic acids is 2. The fraction of sp³-hybridized carbons (Fsp3) is 0.300. The fourth-order valence-electron chi connectivity index (χ4n) is 2.86. The van der Waals surface area contributed by atoms with E-state index in [0.29, 0.717) is 24.7 Å². The molecule has 1 atom stereocenters. The summed E-state index contributed by atoms with van der Waals surface area (Å²) >= 11 is 0. The summed E-state index contributed by atoms with van der Waals surface area (Å²) in [6.45, 7) is 0.429. The zero-order valence-corrected chi connectivity index (χ0v) is 17.4. The van der Waals surface area contributed by atoms with E-state index in [1.165, 1.54) is 36.2 Å². The summed E-state index contributed by atoms with van der Waals surface area (Å²) in [5.74, 6) is 0.534. The summed E-state index contributed by atoms with van der Waals surface area (Å²) in [5.41, 5.74) is 0.251. The van der Waals surface area contributed by atoms with Gasteiger partial charge in [0.15, 0.2) is 17.6 Å². The van der Waals surface area contributed by atoms with Crippen molar-refractivity contribution in [3.63, 3.8) is 0 Å². The molecule has 0 saturated carbocycles. The summed E-state index contributed by atoms with van der Waals surface area (Å²) in [6.07, 6.45) is -0.314. The van der Waals surface area contributed by atoms with Gasteiger partial charge >= 0.3 is 0 Å². The highest BCUT2D eigenvalue weighted by Crippen LogP contribution is 2.30. The summed E-state index contributed by atoms with van der Waals surface area (Å²) in [6, 6.07) is 12.7. The van der Waals surface area contributed by atoms with Gasteiger partial charge in [-0.05, 0) is 43.4 Å². The van der Waals surface area contributed by atoms with Crippen molar-refractivity contribution in [1.29, 1.82) is 0 Å². The Balaban J connectivity index is 1.49. The lowest BCUT2D eigenvalue weighted by Crippen LogP contribution is -2.45. The molecule has 1 heterocycles. The molecule has 0 fully saturated rings. The molecule has 2 aromatic rings. The average molecular weight is 433 g/mol. The lowest BCUT2D eigenvalue weighted by molar-refractivity contribution is -0.130. The molecule has 1 aliphatic rings. The van der Waals surface area contributed by atoms with Gasteiger partial charge in [-0.2, -0.15) is 0 Å². The standard InChI is InChI=1S/C20H23N3O6S/c1-21-30(26,27)16-9-7-14(8-10-16)20(25)22-11-19(24)23(2)12-15-13-28-17-5-3-4-6-18(17)29-15/h3-10,15,21H,11-13H2,1-2H3,(H,22,25). The van der Waals surface area contributed by atoms with Crippen molar-refractivity contribution in [3.05, 3.63) is 54.1 Å². The summed E-state index contributed by atoms with van der Waals surface area (Å²) < 4.78 is 37.1. The second kappa shape index (κ2) is 9.14. The van der Waals surface area contributed by atoms with Crippen molar-refractivity contribution in [2.45, 2.75) is 11.0 Å². The van der Waals surface area contributed by atoms with Crippen LogP contribution in [-0.4, -0.2) is 65.0 Å². The zero-order chi connectivity index (χ0) is 21.7. The predicted molar refractivity (Wildman–Crippen MR) is 109 cm³/mol. The van der Waals surface area contributed by atoms with E-state index in [4.69, 9.17) is 9.47 Å². The van der Waals surface area contributed by atoms with Crippen LogP contribution in [0, 0.1) is 0 Å². The molecule has 10 heteroatoms. The van der Waals surface area contributed by atoms with Crippen LogP contribution in [-0.2, 0) is 14.8 Å². The van der Waals surface area contributed by atoms with E-state index >= 15 is 0 Å². The molecule has 0 saturated heterocycles. The number of carbonyl (C=O) groups is 2. The van der Waals surface area contributed by atoms with Gasteiger partial charge < -0.3 is 19.7 Å². The Morgan fingerprint density at radius 2 is 1.77 bits per heavy atom. The SMILES string of the molecule is CNS(=O)(=O)c1ccc(C(=O)NCC(=O)N(C)CC2COc3ccccc3O2)cc1. The number of nitrogens with one attached hydrogen (secondary N) is 2. The molecule has 9 nitrogen and oxygen atoms in total. The van der Waals surface area contributed by atoms with Crippen LogP contribution in [0.3, 0.4) is 0 Å². The van der Waals surface area contributed by atoms with Crippen LogP contribution in [0.1, 0.15) is 10.4 Å². The maximum Gasteiger partial charge on any atom is 0.251 e. The maximum atomic E-state index is 12.3. The average Bonchev–Trinajstić information content (AvgIpc) is 2.77. The summed E-state index contributed by atoms with van der Waals surface area (Å²) in [4.78, 5) is 26.1. The number of ether oxygens (including phenoxy) is 2. The van der Waals surface area contributed by atoms with E-state index in [2.05, 4.69) is 10.0 Å².